The maximum absolute atomic E-state index is 12.6. The summed E-state index contributed by atoms with van der Waals surface area (Å²) in [5.41, 5.74) is 7.71. The van der Waals surface area contributed by atoms with Crippen LogP contribution in [0.25, 0.3) is 0 Å². The van der Waals surface area contributed by atoms with E-state index in [0.717, 1.165) is 24.2 Å². The second-order valence-electron chi connectivity index (χ2n) is 5.82. The fourth-order valence-corrected chi connectivity index (χ4v) is 4.00. The number of rotatable bonds is 6. The Balaban J connectivity index is 1.95. The highest BCUT2D eigenvalue weighted by molar-refractivity contribution is 7.99. The predicted octanol–water partition coefficient (Wildman–Crippen LogP) is 3.54. The first kappa shape index (κ1) is 16.2. The third kappa shape index (κ3) is 5.27. The van der Waals surface area contributed by atoms with Gasteiger partial charge >= 0.3 is 0 Å². The van der Waals surface area contributed by atoms with Gasteiger partial charge in [-0.25, -0.2) is 0 Å². The minimum atomic E-state index is 0.302. The van der Waals surface area contributed by atoms with Crippen LogP contribution in [0.15, 0.2) is 24.3 Å². The molecule has 0 atom stereocenters. The highest BCUT2D eigenvalue weighted by Gasteiger charge is 2.21. The number of carbonyl (C=O) groups is 1. The van der Waals surface area contributed by atoms with Crippen LogP contribution in [-0.4, -0.2) is 28.9 Å². The van der Waals surface area contributed by atoms with Crippen molar-refractivity contribution in [1.29, 1.82) is 0 Å². The molecule has 21 heavy (non-hydrogen) atoms. The average molecular weight is 306 g/mol. The van der Waals surface area contributed by atoms with E-state index < -0.39 is 0 Å². The summed E-state index contributed by atoms with van der Waals surface area (Å²) in [4.78, 5) is 14.6. The molecule has 0 aliphatic carbocycles. The molecule has 0 unspecified atom stereocenters. The van der Waals surface area contributed by atoms with Gasteiger partial charge in [-0.15, -0.1) is 0 Å². The molecule has 2 rings (SSSR count). The van der Waals surface area contributed by atoms with Crippen molar-refractivity contribution in [3.63, 3.8) is 0 Å². The maximum Gasteiger partial charge on any atom is 0.223 e. The molecular formula is C17H26N2OS. The van der Waals surface area contributed by atoms with Crippen molar-refractivity contribution in [3.05, 3.63) is 29.8 Å². The van der Waals surface area contributed by atoms with Crippen molar-refractivity contribution in [3.8, 4) is 0 Å². The van der Waals surface area contributed by atoms with Crippen molar-refractivity contribution in [2.45, 2.75) is 39.2 Å². The van der Waals surface area contributed by atoms with E-state index >= 15 is 0 Å². The highest BCUT2D eigenvalue weighted by Crippen LogP contribution is 2.26. The molecule has 0 saturated carbocycles. The quantitative estimate of drug-likeness (QED) is 0.818. The van der Waals surface area contributed by atoms with Gasteiger partial charge in [0.1, 0.15) is 0 Å². The van der Waals surface area contributed by atoms with Crippen LogP contribution in [0.5, 0.6) is 0 Å². The maximum atomic E-state index is 12.6. The van der Waals surface area contributed by atoms with Crippen LogP contribution in [0.4, 0.5) is 5.69 Å². The number of nitrogens with zero attached hydrogens (tertiary/aromatic N) is 1. The van der Waals surface area contributed by atoms with Gasteiger partial charge in [0.25, 0.3) is 0 Å². The van der Waals surface area contributed by atoms with E-state index in [2.05, 4.69) is 6.92 Å². The lowest BCUT2D eigenvalue weighted by atomic mass is 9.98. The Morgan fingerprint density at radius 1 is 1.38 bits per heavy atom. The van der Waals surface area contributed by atoms with Crippen LogP contribution < -0.4 is 5.73 Å². The van der Waals surface area contributed by atoms with Gasteiger partial charge in [0.15, 0.2) is 0 Å². The summed E-state index contributed by atoms with van der Waals surface area (Å²) in [6.07, 6.45) is 4.08. The van der Waals surface area contributed by atoms with E-state index in [1.165, 1.54) is 24.3 Å². The Kier molecular flexibility index (Phi) is 6.43. The molecule has 1 saturated heterocycles. The topological polar surface area (TPSA) is 46.3 Å². The predicted molar refractivity (Wildman–Crippen MR) is 91.2 cm³/mol. The molecule has 0 radical (unpaired) electrons. The zero-order valence-electron chi connectivity index (χ0n) is 12.9. The minimum Gasteiger partial charge on any atom is -0.399 e. The molecule has 1 heterocycles. The van der Waals surface area contributed by atoms with E-state index in [9.17, 15) is 4.79 Å². The van der Waals surface area contributed by atoms with E-state index in [1.807, 2.05) is 40.9 Å². The van der Waals surface area contributed by atoms with Gasteiger partial charge in [0.2, 0.25) is 5.91 Å². The van der Waals surface area contributed by atoms with Gasteiger partial charge in [-0.1, -0.05) is 19.1 Å². The molecule has 0 bridgehead atoms. The number of anilines is 1. The molecule has 1 aliphatic rings. The average Bonchev–Trinajstić information content (AvgIpc) is 2.48. The molecule has 3 nitrogen and oxygen atoms in total. The molecule has 0 aromatic heterocycles. The van der Waals surface area contributed by atoms with Crippen LogP contribution in [0.2, 0.25) is 0 Å². The second kappa shape index (κ2) is 8.32. The highest BCUT2D eigenvalue weighted by atomic mass is 32.2. The molecule has 1 amide bonds. The third-order valence-corrected chi connectivity index (χ3v) is 5.02. The Morgan fingerprint density at radius 3 is 2.81 bits per heavy atom. The van der Waals surface area contributed by atoms with Gasteiger partial charge in [0.05, 0.1) is 0 Å². The minimum absolute atomic E-state index is 0.302. The normalized spacial score (nSPS) is 15.9. The van der Waals surface area contributed by atoms with Crippen LogP contribution >= 0.6 is 11.8 Å². The van der Waals surface area contributed by atoms with Gasteiger partial charge < -0.3 is 10.6 Å². The number of hydrogen-bond donors (Lipinski definition) is 1. The first-order chi connectivity index (χ1) is 10.2. The summed E-state index contributed by atoms with van der Waals surface area (Å²) in [7, 11) is 0. The Morgan fingerprint density at radius 2 is 2.14 bits per heavy atom. The van der Waals surface area contributed by atoms with Crippen molar-refractivity contribution >= 4 is 23.4 Å². The van der Waals surface area contributed by atoms with Crippen LogP contribution in [0.1, 0.15) is 38.2 Å². The largest absolute Gasteiger partial charge is 0.399 e. The Labute approximate surface area is 132 Å². The van der Waals surface area contributed by atoms with Crippen molar-refractivity contribution < 1.29 is 4.79 Å². The second-order valence-corrected chi connectivity index (χ2v) is 7.04. The molecular weight excluding hydrogens is 280 g/mol. The van der Waals surface area contributed by atoms with Crippen molar-refractivity contribution in [2.75, 3.05) is 23.8 Å². The van der Waals surface area contributed by atoms with Gasteiger partial charge in [0, 0.05) is 25.2 Å². The van der Waals surface area contributed by atoms with E-state index in [0.29, 0.717) is 24.8 Å². The number of nitrogen functional groups attached to an aromatic ring is 1. The Bertz CT molecular complexity index is 458. The smallest absolute Gasteiger partial charge is 0.223 e. The third-order valence-electron chi connectivity index (χ3n) is 3.97. The zero-order valence-corrected chi connectivity index (χ0v) is 13.7. The van der Waals surface area contributed by atoms with Crippen LogP contribution in [0, 0.1) is 5.92 Å². The summed E-state index contributed by atoms with van der Waals surface area (Å²) in [6, 6.07) is 7.85. The molecule has 2 N–H and O–H groups in total. The molecule has 1 aromatic rings. The number of carbonyl (C=O) groups excluding carboxylic acids is 1. The monoisotopic (exact) mass is 306 g/mol. The van der Waals surface area contributed by atoms with E-state index in [1.54, 1.807) is 0 Å². The van der Waals surface area contributed by atoms with Crippen LogP contribution in [-0.2, 0) is 11.3 Å². The zero-order chi connectivity index (χ0) is 15.1. The summed E-state index contributed by atoms with van der Waals surface area (Å²) >= 11 is 2.01. The van der Waals surface area contributed by atoms with Crippen molar-refractivity contribution in [2.24, 2.45) is 5.92 Å². The van der Waals surface area contributed by atoms with E-state index in [4.69, 9.17) is 5.73 Å². The molecule has 0 spiro atoms. The van der Waals surface area contributed by atoms with Gasteiger partial charge in [-0.05, 0) is 54.4 Å². The lowest BCUT2D eigenvalue weighted by molar-refractivity contribution is -0.133. The van der Waals surface area contributed by atoms with Crippen molar-refractivity contribution in [1.82, 2.24) is 4.90 Å². The number of hydrogen-bond acceptors (Lipinski definition) is 3. The standard InChI is InChI=1S/C17H26N2OS/c1-2-8-19(13-15-4-3-5-16(18)11-15)17(20)12-14-6-9-21-10-7-14/h3-5,11,14H,2,6-10,12-13,18H2,1H3. The SMILES string of the molecule is CCCN(Cc1cccc(N)c1)C(=O)CC1CCSCC1. The number of thioether (sulfide) groups is 1. The molecule has 1 aliphatic heterocycles. The summed E-state index contributed by atoms with van der Waals surface area (Å²) < 4.78 is 0. The van der Waals surface area contributed by atoms with Gasteiger partial charge in [-0.2, -0.15) is 11.8 Å². The Hall–Kier alpha value is -1.16. The molecule has 1 fully saturated rings. The summed E-state index contributed by atoms with van der Waals surface area (Å²) in [5.74, 6) is 3.30. The lowest BCUT2D eigenvalue weighted by Crippen LogP contribution is -2.33. The van der Waals surface area contributed by atoms with E-state index in [-0.39, 0.29) is 0 Å². The summed E-state index contributed by atoms with van der Waals surface area (Å²) in [6.45, 7) is 3.63. The summed E-state index contributed by atoms with van der Waals surface area (Å²) in [5, 5.41) is 0. The molecule has 1 aromatic carbocycles. The fourth-order valence-electron chi connectivity index (χ4n) is 2.80. The first-order valence-corrected chi connectivity index (χ1v) is 9.04. The number of amides is 1. The number of nitrogens with two attached hydrogens (primary N) is 1. The lowest BCUT2D eigenvalue weighted by Gasteiger charge is -2.26. The van der Waals surface area contributed by atoms with Crippen LogP contribution in [0.3, 0.4) is 0 Å². The first-order valence-electron chi connectivity index (χ1n) is 7.89. The molecule has 116 valence electrons. The fraction of sp³-hybridized carbons (Fsp3) is 0.588. The number of benzene rings is 1. The molecule has 4 heteroatoms. The van der Waals surface area contributed by atoms with Gasteiger partial charge in [-0.3, -0.25) is 4.79 Å².